The van der Waals surface area contributed by atoms with Gasteiger partial charge in [-0.25, -0.2) is 14.4 Å². The average Bonchev–Trinajstić information content (AvgIpc) is 3.20. The van der Waals surface area contributed by atoms with Crippen molar-refractivity contribution >= 4 is 22.8 Å². The molecular formula is C25H25FN6O3. The van der Waals surface area contributed by atoms with Crippen LogP contribution in [0.4, 0.5) is 10.3 Å². The SMILES string of the molecule is COc1ccc(-c2nn(C)cc2CN(c2ncc3ccc(C(N)=O)cc3n2)C2CC(O)C2)cc1F. The van der Waals surface area contributed by atoms with E-state index in [9.17, 15) is 14.3 Å². The van der Waals surface area contributed by atoms with Gasteiger partial charge in [-0.2, -0.15) is 5.10 Å². The second-order valence-electron chi connectivity index (χ2n) is 8.74. The van der Waals surface area contributed by atoms with Gasteiger partial charge < -0.3 is 20.5 Å². The maximum absolute atomic E-state index is 14.4. The normalized spacial score (nSPS) is 17.3. The van der Waals surface area contributed by atoms with Crippen LogP contribution in [0.15, 0.2) is 48.8 Å². The third-order valence-corrected chi connectivity index (χ3v) is 6.31. The third-order valence-electron chi connectivity index (χ3n) is 6.31. The minimum atomic E-state index is -0.530. The Kier molecular flexibility index (Phi) is 5.81. The molecule has 180 valence electrons. The smallest absolute Gasteiger partial charge is 0.248 e. The summed E-state index contributed by atoms with van der Waals surface area (Å²) >= 11 is 0. The molecule has 5 rings (SSSR count). The fraction of sp³-hybridized carbons (Fsp3) is 0.280. The van der Waals surface area contributed by atoms with Gasteiger partial charge in [0.1, 0.15) is 0 Å². The monoisotopic (exact) mass is 476 g/mol. The Morgan fingerprint density at radius 3 is 2.77 bits per heavy atom. The van der Waals surface area contributed by atoms with E-state index in [4.69, 9.17) is 15.5 Å². The van der Waals surface area contributed by atoms with E-state index in [1.807, 2.05) is 18.1 Å². The number of nitrogens with zero attached hydrogens (tertiary/aromatic N) is 5. The number of benzene rings is 2. The van der Waals surface area contributed by atoms with Gasteiger partial charge in [0.25, 0.3) is 0 Å². The molecule has 0 unspecified atom stereocenters. The van der Waals surface area contributed by atoms with Crippen LogP contribution < -0.4 is 15.4 Å². The molecule has 2 aromatic heterocycles. The molecule has 0 atom stereocenters. The summed E-state index contributed by atoms with van der Waals surface area (Å²) in [6.45, 7) is 0.398. The molecular weight excluding hydrogens is 451 g/mol. The highest BCUT2D eigenvalue weighted by Gasteiger charge is 2.34. The Bertz CT molecular complexity index is 1420. The standard InChI is InChI=1S/C25H25FN6O3/c1-31-12-17(23(30-31)14-5-6-22(35-2)20(26)7-14)13-32(18-9-19(33)10-18)25-28-11-16-4-3-15(24(27)34)8-21(16)29-25/h3-8,11-12,18-19,33H,9-10,13H2,1-2H3,(H2,27,34). The molecule has 10 heteroatoms. The van der Waals surface area contributed by atoms with Crippen molar-refractivity contribution in [1.29, 1.82) is 0 Å². The van der Waals surface area contributed by atoms with Crippen molar-refractivity contribution in [2.75, 3.05) is 12.0 Å². The minimum Gasteiger partial charge on any atom is -0.494 e. The van der Waals surface area contributed by atoms with Gasteiger partial charge in [0.15, 0.2) is 11.6 Å². The summed E-state index contributed by atoms with van der Waals surface area (Å²) in [6, 6.07) is 9.81. The number of methoxy groups -OCH3 is 1. The number of hydrogen-bond donors (Lipinski definition) is 2. The van der Waals surface area contributed by atoms with Gasteiger partial charge in [0.05, 0.1) is 24.4 Å². The van der Waals surface area contributed by atoms with Crippen LogP contribution in [-0.4, -0.2) is 50.0 Å². The lowest BCUT2D eigenvalue weighted by Gasteiger charge is -2.40. The Balaban J connectivity index is 1.53. The number of hydrogen-bond acceptors (Lipinski definition) is 7. The fourth-order valence-corrected chi connectivity index (χ4v) is 4.38. The predicted molar refractivity (Wildman–Crippen MR) is 128 cm³/mol. The molecule has 0 spiro atoms. The number of primary amides is 1. The number of amides is 1. The fourth-order valence-electron chi connectivity index (χ4n) is 4.38. The first-order valence-electron chi connectivity index (χ1n) is 11.2. The summed E-state index contributed by atoms with van der Waals surface area (Å²) in [7, 11) is 3.23. The van der Waals surface area contributed by atoms with Crippen molar-refractivity contribution in [1.82, 2.24) is 19.7 Å². The lowest BCUT2D eigenvalue weighted by Crippen LogP contribution is -2.47. The molecule has 4 aromatic rings. The molecule has 0 bridgehead atoms. The zero-order chi connectivity index (χ0) is 24.7. The van der Waals surface area contributed by atoms with E-state index in [-0.39, 0.29) is 17.9 Å². The topological polar surface area (TPSA) is 119 Å². The molecule has 1 saturated carbocycles. The second kappa shape index (κ2) is 8.95. The highest BCUT2D eigenvalue weighted by atomic mass is 19.1. The third kappa shape index (κ3) is 4.40. The molecule has 0 radical (unpaired) electrons. The van der Waals surface area contributed by atoms with Crippen LogP contribution in [0.2, 0.25) is 0 Å². The molecule has 1 aliphatic rings. The van der Waals surface area contributed by atoms with Crippen molar-refractivity contribution < 1.29 is 19.0 Å². The highest BCUT2D eigenvalue weighted by Crippen LogP contribution is 2.33. The Hall–Kier alpha value is -4.05. The van der Waals surface area contributed by atoms with E-state index in [1.165, 1.54) is 13.2 Å². The summed E-state index contributed by atoms with van der Waals surface area (Å²) in [5.74, 6) is -0.371. The van der Waals surface area contributed by atoms with Gasteiger partial charge in [0.2, 0.25) is 11.9 Å². The molecule has 0 aliphatic heterocycles. The van der Waals surface area contributed by atoms with Crippen LogP contribution in [0.3, 0.4) is 0 Å². The van der Waals surface area contributed by atoms with Crippen molar-refractivity contribution in [2.24, 2.45) is 12.8 Å². The van der Waals surface area contributed by atoms with Gasteiger partial charge >= 0.3 is 0 Å². The van der Waals surface area contributed by atoms with Crippen LogP contribution in [0, 0.1) is 5.82 Å². The van der Waals surface area contributed by atoms with Crippen molar-refractivity contribution in [3.63, 3.8) is 0 Å². The summed E-state index contributed by atoms with van der Waals surface area (Å²) in [5, 5.41) is 15.3. The van der Waals surface area contributed by atoms with E-state index < -0.39 is 11.7 Å². The maximum atomic E-state index is 14.4. The van der Waals surface area contributed by atoms with Gasteiger partial charge in [-0.15, -0.1) is 0 Å². The van der Waals surface area contributed by atoms with E-state index in [0.717, 1.165) is 10.9 Å². The van der Waals surface area contributed by atoms with Crippen LogP contribution in [0.1, 0.15) is 28.8 Å². The van der Waals surface area contributed by atoms with Crippen molar-refractivity contribution in [3.05, 3.63) is 65.7 Å². The maximum Gasteiger partial charge on any atom is 0.248 e. The van der Waals surface area contributed by atoms with Crippen molar-refractivity contribution in [3.8, 4) is 17.0 Å². The van der Waals surface area contributed by atoms with Crippen molar-refractivity contribution in [2.45, 2.75) is 31.5 Å². The predicted octanol–water partition coefficient (Wildman–Crippen LogP) is 2.81. The quantitative estimate of drug-likeness (QED) is 0.421. The number of aryl methyl sites for hydroxylation is 1. The lowest BCUT2D eigenvalue weighted by molar-refractivity contribution is 0.0722. The van der Waals surface area contributed by atoms with Gasteiger partial charge in [0, 0.05) is 54.1 Å². The largest absolute Gasteiger partial charge is 0.494 e. The number of carbonyl (C=O) groups excluding carboxylic acids is 1. The van der Waals surface area contributed by atoms with E-state index >= 15 is 0 Å². The van der Waals surface area contributed by atoms with E-state index in [1.54, 1.807) is 41.2 Å². The van der Waals surface area contributed by atoms with Crippen LogP contribution in [0.5, 0.6) is 5.75 Å². The highest BCUT2D eigenvalue weighted by molar-refractivity contribution is 5.96. The number of carbonyl (C=O) groups is 1. The Morgan fingerprint density at radius 2 is 2.09 bits per heavy atom. The first-order valence-corrected chi connectivity index (χ1v) is 11.2. The number of anilines is 1. The molecule has 1 amide bonds. The van der Waals surface area contributed by atoms with Gasteiger partial charge in [-0.1, -0.05) is 6.07 Å². The number of aliphatic hydroxyl groups is 1. The summed E-state index contributed by atoms with van der Waals surface area (Å²) in [6.07, 6.45) is 4.36. The zero-order valence-electron chi connectivity index (χ0n) is 19.3. The number of rotatable bonds is 7. The molecule has 2 heterocycles. The summed E-state index contributed by atoms with van der Waals surface area (Å²) < 4.78 is 21.1. The molecule has 3 N–H and O–H groups in total. The van der Waals surface area contributed by atoms with E-state index in [2.05, 4.69) is 10.1 Å². The number of ether oxygens (including phenoxy) is 1. The number of fused-ring (bicyclic) bond motifs is 1. The molecule has 35 heavy (non-hydrogen) atoms. The number of halogens is 1. The van der Waals surface area contributed by atoms with Crippen LogP contribution in [-0.2, 0) is 13.6 Å². The second-order valence-corrected chi connectivity index (χ2v) is 8.74. The molecule has 9 nitrogen and oxygen atoms in total. The molecule has 2 aromatic carbocycles. The van der Waals surface area contributed by atoms with Gasteiger partial charge in [-0.05, 0) is 43.2 Å². The lowest BCUT2D eigenvalue weighted by atomic mass is 9.88. The van der Waals surface area contributed by atoms with E-state index in [0.29, 0.717) is 47.7 Å². The number of aromatic nitrogens is 4. The molecule has 1 fully saturated rings. The Morgan fingerprint density at radius 1 is 1.29 bits per heavy atom. The zero-order valence-corrected chi connectivity index (χ0v) is 19.3. The number of aliphatic hydroxyl groups excluding tert-OH is 1. The van der Waals surface area contributed by atoms with Crippen LogP contribution in [0.25, 0.3) is 22.2 Å². The summed E-state index contributed by atoms with van der Waals surface area (Å²) in [4.78, 5) is 22.9. The van der Waals surface area contributed by atoms with Crippen LogP contribution >= 0.6 is 0 Å². The summed E-state index contributed by atoms with van der Waals surface area (Å²) in [5.41, 5.74) is 8.51. The molecule has 0 saturated heterocycles. The first kappa shape index (κ1) is 22.7. The first-order chi connectivity index (χ1) is 16.8. The number of nitrogens with two attached hydrogens (primary N) is 1. The average molecular weight is 477 g/mol. The Labute approximate surface area is 201 Å². The van der Waals surface area contributed by atoms with Gasteiger partial charge in [-0.3, -0.25) is 9.48 Å². The minimum absolute atomic E-state index is 0.0161. The molecule has 1 aliphatic carbocycles.